The van der Waals surface area contributed by atoms with E-state index in [4.69, 9.17) is 10.5 Å². The third-order valence-corrected chi connectivity index (χ3v) is 3.05. The maximum Gasteiger partial charge on any atom is 0.573 e. The van der Waals surface area contributed by atoms with E-state index < -0.39 is 17.9 Å². The molecule has 0 amide bonds. The summed E-state index contributed by atoms with van der Waals surface area (Å²) in [5.74, 6) is -1.14. The Morgan fingerprint density at radius 2 is 1.83 bits per heavy atom. The molecule has 0 aliphatic carbocycles. The van der Waals surface area contributed by atoms with Gasteiger partial charge in [-0.1, -0.05) is 24.3 Å². The van der Waals surface area contributed by atoms with Crippen LogP contribution in [0.3, 0.4) is 0 Å². The first-order valence-electron chi connectivity index (χ1n) is 6.80. The standard InChI is InChI=1S/C16H15F4NO2/c1-10-3-2-4-12(15(10)17)11-5-6-13(22-8-7-21)14(9-11)23-16(18,19)20/h2-6,9H,7-8,21H2,1H3. The molecule has 0 spiro atoms. The molecule has 0 saturated carbocycles. The molecule has 0 bridgehead atoms. The van der Waals surface area contributed by atoms with Gasteiger partial charge in [-0.2, -0.15) is 0 Å². The summed E-state index contributed by atoms with van der Waals surface area (Å²) in [6, 6.07) is 8.54. The van der Waals surface area contributed by atoms with E-state index in [1.807, 2.05) is 0 Å². The van der Waals surface area contributed by atoms with E-state index in [-0.39, 0.29) is 30.0 Å². The number of hydrogen-bond acceptors (Lipinski definition) is 3. The summed E-state index contributed by atoms with van der Waals surface area (Å²) in [4.78, 5) is 0. The maximum atomic E-state index is 14.1. The Balaban J connectivity index is 2.46. The summed E-state index contributed by atoms with van der Waals surface area (Å²) in [6.45, 7) is 1.75. The van der Waals surface area contributed by atoms with Gasteiger partial charge in [0.25, 0.3) is 0 Å². The summed E-state index contributed by atoms with van der Waals surface area (Å²) in [5, 5.41) is 0. The number of benzene rings is 2. The second-order valence-electron chi connectivity index (χ2n) is 4.78. The van der Waals surface area contributed by atoms with Crippen LogP contribution >= 0.6 is 0 Å². The molecule has 2 N–H and O–H groups in total. The van der Waals surface area contributed by atoms with Gasteiger partial charge in [-0.15, -0.1) is 13.2 Å². The zero-order valence-electron chi connectivity index (χ0n) is 12.3. The normalized spacial score (nSPS) is 11.4. The summed E-state index contributed by atoms with van der Waals surface area (Å²) in [7, 11) is 0. The van der Waals surface area contributed by atoms with Gasteiger partial charge in [-0.05, 0) is 30.2 Å². The molecule has 2 rings (SSSR count). The molecular formula is C16H15F4NO2. The second kappa shape index (κ2) is 6.87. The van der Waals surface area contributed by atoms with Gasteiger partial charge in [0.1, 0.15) is 12.4 Å². The molecule has 3 nitrogen and oxygen atoms in total. The van der Waals surface area contributed by atoms with Crippen LogP contribution in [0.15, 0.2) is 36.4 Å². The van der Waals surface area contributed by atoms with Crippen LogP contribution in [0.25, 0.3) is 11.1 Å². The molecular weight excluding hydrogens is 314 g/mol. The second-order valence-corrected chi connectivity index (χ2v) is 4.78. The highest BCUT2D eigenvalue weighted by Gasteiger charge is 2.32. The van der Waals surface area contributed by atoms with Crippen LogP contribution in [-0.4, -0.2) is 19.5 Å². The van der Waals surface area contributed by atoms with Crippen molar-refractivity contribution in [1.82, 2.24) is 0 Å². The quantitative estimate of drug-likeness (QED) is 0.842. The fraction of sp³-hybridized carbons (Fsp3) is 0.250. The SMILES string of the molecule is Cc1cccc(-c2ccc(OCCN)c(OC(F)(F)F)c2)c1F. The molecule has 0 saturated heterocycles. The molecule has 2 aromatic carbocycles. The lowest BCUT2D eigenvalue weighted by molar-refractivity contribution is -0.275. The predicted octanol–water partition coefficient (Wildman–Crippen LogP) is 4.04. The minimum Gasteiger partial charge on any atom is -0.488 e. The van der Waals surface area contributed by atoms with Crippen molar-refractivity contribution in [2.24, 2.45) is 5.73 Å². The van der Waals surface area contributed by atoms with Crippen LogP contribution in [0.1, 0.15) is 5.56 Å². The zero-order valence-corrected chi connectivity index (χ0v) is 12.3. The molecule has 2 aromatic rings. The minimum atomic E-state index is -4.88. The van der Waals surface area contributed by atoms with Crippen LogP contribution < -0.4 is 15.2 Å². The number of nitrogens with two attached hydrogens (primary N) is 1. The van der Waals surface area contributed by atoms with E-state index in [1.54, 1.807) is 19.1 Å². The van der Waals surface area contributed by atoms with Gasteiger partial charge in [-0.25, -0.2) is 4.39 Å². The molecule has 7 heteroatoms. The van der Waals surface area contributed by atoms with Crippen molar-refractivity contribution >= 4 is 0 Å². The fourth-order valence-electron chi connectivity index (χ4n) is 2.04. The predicted molar refractivity (Wildman–Crippen MR) is 77.8 cm³/mol. The van der Waals surface area contributed by atoms with Crippen LogP contribution in [0.2, 0.25) is 0 Å². The molecule has 124 valence electrons. The molecule has 23 heavy (non-hydrogen) atoms. The van der Waals surface area contributed by atoms with Gasteiger partial charge in [0.2, 0.25) is 0 Å². The van der Waals surface area contributed by atoms with Gasteiger partial charge in [-0.3, -0.25) is 0 Å². The molecule has 0 aromatic heterocycles. The summed E-state index contributed by atoms with van der Waals surface area (Å²) >= 11 is 0. The fourth-order valence-corrected chi connectivity index (χ4v) is 2.04. The molecule has 0 fully saturated rings. The van der Waals surface area contributed by atoms with Crippen LogP contribution in [0.4, 0.5) is 17.6 Å². The highest BCUT2D eigenvalue weighted by molar-refractivity contribution is 5.68. The summed E-state index contributed by atoms with van der Waals surface area (Å²) in [6.07, 6.45) is -4.88. The Kier molecular flexibility index (Phi) is 5.10. The summed E-state index contributed by atoms with van der Waals surface area (Å²) in [5.41, 5.74) is 6.10. The Bertz CT molecular complexity index is 686. The number of alkyl halides is 3. The summed E-state index contributed by atoms with van der Waals surface area (Å²) < 4.78 is 60.9. The van der Waals surface area contributed by atoms with Crippen molar-refractivity contribution in [3.63, 3.8) is 0 Å². The first-order valence-corrected chi connectivity index (χ1v) is 6.80. The van der Waals surface area contributed by atoms with Crippen molar-refractivity contribution in [2.45, 2.75) is 13.3 Å². The van der Waals surface area contributed by atoms with Crippen molar-refractivity contribution in [2.75, 3.05) is 13.2 Å². The van der Waals surface area contributed by atoms with E-state index in [0.717, 1.165) is 6.07 Å². The Labute approximate surface area is 130 Å². The van der Waals surface area contributed by atoms with E-state index in [0.29, 0.717) is 5.56 Å². The van der Waals surface area contributed by atoms with Crippen molar-refractivity contribution in [3.8, 4) is 22.6 Å². The van der Waals surface area contributed by atoms with Crippen LogP contribution in [-0.2, 0) is 0 Å². The lowest BCUT2D eigenvalue weighted by Gasteiger charge is -2.15. The average Bonchev–Trinajstić information content (AvgIpc) is 2.47. The Morgan fingerprint density at radius 1 is 1.09 bits per heavy atom. The van der Waals surface area contributed by atoms with Gasteiger partial charge in [0, 0.05) is 12.1 Å². The van der Waals surface area contributed by atoms with Crippen LogP contribution in [0.5, 0.6) is 11.5 Å². The van der Waals surface area contributed by atoms with E-state index in [2.05, 4.69) is 4.74 Å². The van der Waals surface area contributed by atoms with Crippen LogP contribution in [0, 0.1) is 12.7 Å². The van der Waals surface area contributed by atoms with Gasteiger partial charge < -0.3 is 15.2 Å². The average molecular weight is 329 g/mol. The number of ether oxygens (including phenoxy) is 2. The number of hydrogen-bond donors (Lipinski definition) is 1. The van der Waals surface area contributed by atoms with Gasteiger partial charge in [0.05, 0.1) is 0 Å². The largest absolute Gasteiger partial charge is 0.573 e. The molecule has 0 atom stereocenters. The monoisotopic (exact) mass is 329 g/mol. The zero-order chi connectivity index (χ0) is 17.0. The lowest BCUT2D eigenvalue weighted by atomic mass is 10.0. The Hall–Kier alpha value is -2.28. The molecule has 0 unspecified atom stereocenters. The minimum absolute atomic E-state index is 0.0341. The first kappa shape index (κ1) is 17.1. The topological polar surface area (TPSA) is 44.5 Å². The molecule has 0 heterocycles. The molecule has 0 aliphatic rings. The number of halogens is 4. The van der Waals surface area contributed by atoms with Crippen molar-refractivity contribution in [3.05, 3.63) is 47.8 Å². The van der Waals surface area contributed by atoms with Crippen molar-refractivity contribution < 1.29 is 27.0 Å². The van der Waals surface area contributed by atoms with Gasteiger partial charge in [0.15, 0.2) is 11.5 Å². The highest BCUT2D eigenvalue weighted by atomic mass is 19.4. The highest BCUT2D eigenvalue weighted by Crippen LogP contribution is 2.37. The number of aryl methyl sites for hydroxylation is 1. The first-order chi connectivity index (χ1) is 10.8. The van der Waals surface area contributed by atoms with Crippen molar-refractivity contribution in [1.29, 1.82) is 0 Å². The smallest absolute Gasteiger partial charge is 0.488 e. The Morgan fingerprint density at radius 3 is 2.48 bits per heavy atom. The molecule has 0 aliphatic heterocycles. The number of rotatable bonds is 5. The van der Waals surface area contributed by atoms with E-state index in [1.165, 1.54) is 18.2 Å². The lowest BCUT2D eigenvalue weighted by Crippen LogP contribution is -2.18. The van der Waals surface area contributed by atoms with E-state index >= 15 is 0 Å². The molecule has 0 radical (unpaired) electrons. The van der Waals surface area contributed by atoms with E-state index in [9.17, 15) is 17.6 Å². The maximum absolute atomic E-state index is 14.1. The van der Waals surface area contributed by atoms with Gasteiger partial charge >= 0.3 is 6.36 Å². The third kappa shape index (κ3) is 4.35. The third-order valence-electron chi connectivity index (χ3n) is 3.05.